The highest BCUT2D eigenvalue weighted by Crippen LogP contribution is 2.25. The minimum atomic E-state index is -4.01. The number of nitrogens with zero attached hydrogens (tertiary/aromatic N) is 1. The second-order valence-corrected chi connectivity index (χ2v) is 6.00. The zero-order chi connectivity index (χ0) is 13.9. The van der Waals surface area contributed by atoms with Crippen LogP contribution < -0.4 is 5.73 Å². The molecule has 0 fully saturated rings. The van der Waals surface area contributed by atoms with Gasteiger partial charge in [0.2, 0.25) is 10.0 Å². The summed E-state index contributed by atoms with van der Waals surface area (Å²) in [5.41, 5.74) is 5.36. The van der Waals surface area contributed by atoms with Crippen molar-refractivity contribution in [2.75, 3.05) is 13.6 Å². The maximum Gasteiger partial charge on any atom is 0.246 e. The molecule has 0 unspecified atom stereocenters. The number of nitrogens with two attached hydrogens (primary N) is 1. The average Bonchev–Trinajstić information content (AvgIpc) is 2.31. The third kappa shape index (κ3) is 2.82. The van der Waals surface area contributed by atoms with Gasteiger partial charge in [0.05, 0.1) is 6.54 Å². The lowest BCUT2D eigenvalue weighted by Crippen LogP contribution is -2.28. The number of hydrogen-bond acceptors (Lipinski definition) is 3. The summed E-state index contributed by atoms with van der Waals surface area (Å²) < 4.78 is 38.9. The molecule has 0 aliphatic rings. The lowest BCUT2D eigenvalue weighted by Gasteiger charge is -2.16. The monoisotopic (exact) mass is 290 g/mol. The molecular formula is C11H12ClFN2O2S. The molecule has 1 aromatic rings. The summed E-state index contributed by atoms with van der Waals surface area (Å²) in [6, 6.07) is 2.33. The maximum absolute atomic E-state index is 14.0. The summed E-state index contributed by atoms with van der Waals surface area (Å²) in [5, 5.41) is 0.101. The predicted molar refractivity (Wildman–Crippen MR) is 68.0 cm³/mol. The molecule has 0 saturated carbocycles. The first-order chi connectivity index (χ1) is 8.34. The summed E-state index contributed by atoms with van der Waals surface area (Å²) in [6.45, 7) is -0.306. The van der Waals surface area contributed by atoms with Crippen LogP contribution in [0.1, 0.15) is 5.56 Å². The van der Waals surface area contributed by atoms with Gasteiger partial charge in [-0.2, -0.15) is 4.31 Å². The quantitative estimate of drug-likeness (QED) is 0.847. The Hall–Kier alpha value is -1.13. The fourth-order valence-electron chi connectivity index (χ4n) is 1.34. The van der Waals surface area contributed by atoms with E-state index in [-0.39, 0.29) is 23.7 Å². The van der Waals surface area contributed by atoms with Gasteiger partial charge in [0.15, 0.2) is 0 Å². The smallest absolute Gasteiger partial charge is 0.246 e. The van der Waals surface area contributed by atoms with Crippen LogP contribution in [0.2, 0.25) is 5.02 Å². The molecule has 18 heavy (non-hydrogen) atoms. The normalized spacial score (nSPS) is 11.6. The van der Waals surface area contributed by atoms with Gasteiger partial charge in [-0.3, -0.25) is 0 Å². The standard InChI is InChI=1S/C11H12ClFN2O2S/c1-3-4-15(2)18(16,17)10-6-9(12)5-8(7-14)11(10)13/h1,5-6H,4,7,14H2,2H3. The molecule has 1 aromatic carbocycles. The minimum Gasteiger partial charge on any atom is -0.326 e. The number of sulfonamides is 1. The first kappa shape index (κ1) is 14.9. The SMILES string of the molecule is C#CCN(C)S(=O)(=O)c1cc(Cl)cc(CN)c1F. The van der Waals surface area contributed by atoms with E-state index in [1.54, 1.807) is 0 Å². The predicted octanol–water partition coefficient (Wildman–Crippen LogP) is 1.19. The Morgan fingerprint density at radius 2 is 2.17 bits per heavy atom. The van der Waals surface area contributed by atoms with Crippen LogP contribution in [0.5, 0.6) is 0 Å². The molecule has 0 spiro atoms. The van der Waals surface area contributed by atoms with Crippen LogP contribution in [0.3, 0.4) is 0 Å². The highest BCUT2D eigenvalue weighted by molar-refractivity contribution is 7.89. The molecule has 0 aliphatic carbocycles. The summed E-state index contributed by atoms with van der Waals surface area (Å²) in [7, 11) is -2.75. The Morgan fingerprint density at radius 3 is 2.67 bits per heavy atom. The molecule has 98 valence electrons. The van der Waals surface area contributed by atoms with E-state index in [0.717, 1.165) is 10.4 Å². The van der Waals surface area contributed by atoms with E-state index >= 15 is 0 Å². The van der Waals surface area contributed by atoms with Crippen molar-refractivity contribution in [1.82, 2.24) is 4.31 Å². The highest BCUT2D eigenvalue weighted by Gasteiger charge is 2.26. The molecule has 0 atom stereocenters. The van der Waals surface area contributed by atoms with Gasteiger partial charge in [-0.25, -0.2) is 12.8 Å². The van der Waals surface area contributed by atoms with E-state index in [4.69, 9.17) is 23.8 Å². The summed E-state index contributed by atoms with van der Waals surface area (Å²) >= 11 is 5.74. The number of terminal acetylenes is 1. The molecule has 1 rings (SSSR count). The fourth-order valence-corrected chi connectivity index (χ4v) is 2.86. The zero-order valence-corrected chi connectivity index (χ0v) is 11.2. The van der Waals surface area contributed by atoms with Crippen LogP contribution in [-0.2, 0) is 16.6 Å². The minimum absolute atomic E-state index is 0.0372. The Kier molecular flexibility index (Phi) is 4.71. The third-order valence-electron chi connectivity index (χ3n) is 2.30. The van der Waals surface area contributed by atoms with Crippen molar-refractivity contribution in [3.8, 4) is 12.3 Å². The summed E-state index contributed by atoms with van der Waals surface area (Å²) in [4.78, 5) is -0.520. The molecule has 0 heterocycles. The molecule has 0 saturated heterocycles. The second-order valence-electron chi connectivity index (χ2n) is 3.55. The van der Waals surface area contributed by atoms with Crippen molar-refractivity contribution in [2.45, 2.75) is 11.4 Å². The van der Waals surface area contributed by atoms with Crippen molar-refractivity contribution in [2.24, 2.45) is 5.73 Å². The van der Waals surface area contributed by atoms with Gasteiger partial charge >= 0.3 is 0 Å². The first-order valence-electron chi connectivity index (χ1n) is 4.92. The second kappa shape index (κ2) is 5.67. The van der Waals surface area contributed by atoms with E-state index < -0.39 is 20.7 Å². The van der Waals surface area contributed by atoms with Crippen LogP contribution in [0, 0.1) is 18.2 Å². The van der Waals surface area contributed by atoms with E-state index in [2.05, 4.69) is 5.92 Å². The Bertz CT molecular complexity index is 596. The van der Waals surface area contributed by atoms with Crippen molar-refractivity contribution in [3.63, 3.8) is 0 Å². The summed E-state index contributed by atoms with van der Waals surface area (Å²) in [6.07, 6.45) is 5.03. The van der Waals surface area contributed by atoms with Crippen LogP contribution >= 0.6 is 11.6 Å². The van der Waals surface area contributed by atoms with Gasteiger partial charge in [-0.15, -0.1) is 6.42 Å². The molecule has 2 N–H and O–H groups in total. The lowest BCUT2D eigenvalue weighted by atomic mass is 10.2. The van der Waals surface area contributed by atoms with Gasteiger partial charge in [0.25, 0.3) is 0 Å². The van der Waals surface area contributed by atoms with Crippen molar-refractivity contribution in [3.05, 3.63) is 28.5 Å². The third-order valence-corrected chi connectivity index (χ3v) is 4.32. The maximum atomic E-state index is 14.0. The Balaban J connectivity index is 3.42. The van der Waals surface area contributed by atoms with E-state index in [9.17, 15) is 12.8 Å². The molecule has 0 aliphatic heterocycles. The fraction of sp³-hybridized carbons (Fsp3) is 0.273. The molecule has 0 radical (unpaired) electrons. The van der Waals surface area contributed by atoms with Crippen molar-refractivity contribution >= 4 is 21.6 Å². The lowest BCUT2D eigenvalue weighted by molar-refractivity contribution is 0.490. The van der Waals surface area contributed by atoms with Crippen molar-refractivity contribution in [1.29, 1.82) is 0 Å². The van der Waals surface area contributed by atoms with Crippen LogP contribution in [0.4, 0.5) is 4.39 Å². The molecule has 0 aromatic heterocycles. The van der Waals surface area contributed by atoms with Crippen LogP contribution in [-0.4, -0.2) is 26.3 Å². The van der Waals surface area contributed by atoms with E-state index in [1.807, 2.05) is 0 Å². The van der Waals surface area contributed by atoms with Gasteiger partial charge < -0.3 is 5.73 Å². The van der Waals surface area contributed by atoms with Crippen LogP contribution in [0.25, 0.3) is 0 Å². The van der Waals surface area contributed by atoms with Gasteiger partial charge in [-0.05, 0) is 12.1 Å². The summed E-state index contributed by atoms with van der Waals surface area (Å²) in [5.74, 6) is 1.28. The van der Waals surface area contributed by atoms with Gasteiger partial charge in [0, 0.05) is 24.2 Å². The van der Waals surface area contributed by atoms with Crippen molar-refractivity contribution < 1.29 is 12.8 Å². The Morgan fingerprint density at radius 1 is 1.56 bits per heavy atom. The first-order valence-corrected chi connectivity index (χ1v) is 6.74. The molecule has 7 heteroatoms. The molecule has 0 bridgehead atoms. The number of benzene rings is 1. The molecule has 0 amide bonds. The highest BCUT2D eigenvalue weighted by atomic mass is 35.5. The molecular weight excluding hydrogens is 279 g/mol. The van der Waals surface area contributed by atoms with Gasteiger partial charge in [-0.1, -0.05) is 17.5 Å². The zero-order valence-electron chi connectivity index (χ0n) is 9.65. The number of halogens is 2. The molecule has 4 nitrogen and oxygen atoms in total. The van der Waals surface area contributed by atoms with E-state index in [1.165, 1.54) is 13.1 Å². The van der Waals surface area contributed by atoms with E-state index in [0.29, 0.717) is 0 Å². The Labute approximate surface area is 111 Å². The largest absolute Gasteiger partial charge is 0.326 e. The van der Waals surface area contributed by atoms with Gasteiger partial charge in [0.1, 0.15) is 10.7 Å². The number of hydrogen-bond donors (Lipinski definition) is 1. The number of rotatable bonds is 4. The average molecular weight is 291 g/mol. The van der Waals surface area contributed by atoms with Crippen LogP contribution in [0.15, 0.2) is 17.0 Å². The topological polar surface area (TPSA) is 63.4 Å².